The highest BCUT2D eigenvalue weighted by atomic mass is 32.2. The van der Waals surface area contributed by atoms with E-state index < -0.39 is 0 Å². The Kier molecular flexibility index (Phi) is 4.31. The number of thioether (sulfide) groups is 1. The van der Waals surface area contributed by atoms with E-state index in [-0.39, 0.29) is 5.91 Å². The molecule has 0 radical (unpaired) electrons. The molecule has 9 heteroatoms. The Labute approximate surface area is 155 Å². The van der Waals surface area contributed by atoms with Gasteiger partial charge in [0.05, 0.1) is 18.4 Å². The summed E-state index contributed by atoms with van der Waals surface area (Å²) in [6.45, 7) is 3.25. The number of carbonyl (C=O) groups is 1. The summed E-state index contributed by atoms with van der Waals surface area (Å²) >= 11 is 1.65. The number of aromatic nitrogens is 5. The van der Waals surface area contributed by atoms with Gasteiger partial charge in [0.1, 0.15) is 12.0 Å². The first kappa shape index (κ1) is 16.9. The maximum Gasteiger partial charge on any atom is 0.257 e. The first-order valence-corrected chi connectivity index (χ1v) is 9.47. The van der Waals surface area contributed by atoms with Gasteiger partial charge in [0, 0.05) is 38.3 Å². The van der Waals surface area contributed by atoms with Crippen LogP contribution in [0.2, 0.25) is 0 Å². The number of carbonyl (C=O) groups excluding carboxylic acids is 1. The summed E-state index contributed by atoms with van der Waals surface area (Å²) in [7, 11) is 3.89. The van der Waals surface area contributed by atoms with Gasteiger partial charge >= 0.3 is 0 Å². The van der Waals surface area contributed by atoms with Crippen LogP contribution in [0.25, 0.3) is 11.5 Å². The molecule has 0 spiro atoms. The molecule has 3 aromatic heterocycles. The molecular formula is C17H20N6O2S. The fraction of sp³-hybridized carbons (Fsp3) is 0.412. The van der Waals surface area contributed by atoms with Gasteiger partial charge in [-0.2, -0.15) is 5.10 Å². The maximum atomic E-state index is 12.7. The third-order valence-corrected chi connectivity index (χ3v) is 5.52. The van der Waals surface area contributed by atoms with Crippen LogP contribution in [0.15, 0.2) is 28.2 Å². The highest BCUT2D eigenvalue weighted by molar-refractivity contribution is 7.99. The molecule has 136 valence electrons. The summed E-state index contributed by atoms with van der Waals surface area (Å²) in [5, 5.41) is 14.2. The van der Waals surface area contributed by atoms with Crippen molar-refractivity contribution in [2.75, 3.05) is 12.3 Å². The summed E-state index contributed by atoms with van der Waals surface area (Å²) in [4.78, 5) is 14.5. The molecule has 3 aromatic rings. The summed E-state index contributed by atoms with van der Waals surface area (Å²) in [5.41, 5.74) is 3.55. The van der Waals surface area contributed by atoms with E-state index in [1.54, 1.807) is 17.8 Å². The fourth-order valence-electron chi connectivity index (χ4n) is 3.29. The predicted octanol–water partition coefficient (Wildman–Crippen LogP) is 2.12. The SMILES string of the molecule is CCSc1nnc(-c2nn(C)c3c2CN(C(=O)c2ccoc2)CC3)n1C. The van der Waals surface area contributed by atoms with E-state index in [9.17, 15) is 4.79 Å². The van der Waals surface area contributed by atoms with Gasteiger partial charge < -0.3 is 13.9 Å². The lowest BCUT2D eigenvalue weighted by Crippen LogP contribution is -2.36. The van der Waals surface area contributed by atoms with Crippen molar-refractivity contribution in [2.24, 2.45) is 14.1 Å². The van der Waals surface area contributed by atoms with Gasteiger partial charge in [-0.25, -0.2) is 0 Å². The van der Waals surface area contributed by atoms with E-state index in [1.165, 1.54) is 12.5 Å². The quantitative estimate of drug-likeness (QED) is 0.653. The van der Waals surface area contributed by atoms with Crippen molar-refractivity contribution in [3.8, 4) is 11.5 Å². The van der Waals surface area contributed by atoms with Crippen LogP contribution in [0, 0.1) is 0 Å². The third-order valence-electron chi connectivity index (χ3n) is 4.62. The molecule has 0 saturated heterocycles. The Morgan fingerprint density at radius 3 is 2.92 bits per heavy atom. The highest BCUT2D eigenvalue weighted by Crippen LogP contribution is 2.30. The minimum atomic E-state index is -0.0283. The molecule has 0 N–H and O–H groups in total. The highest BCUT2D eigenvalue weighted by Gasteiger charge is 2.30. The zero-order valence-electron chi connectivity index (χ0n) is 15.0. The Hall–Kier alpha value is -2.55. The average molecular weight is 372 g/mol. The monoisotopic (exact) mass is 372 g/mol. The van der Waals surface area contributed by atoms with Gasteiger partial charge in [0.2, 0.25) is 0 Å². The number of rotatable bonds is 4. The molecule has 8 nitrogen and oxygen atoms in total. The van der Waals surface area contributed by atoms with Gasteiger partial charge in [0.25, 0.3) is 5.91 Å². The summed E-state index contributed by atoms with van der Waals surface area (Å²) < 4.78 is 8.91. The molecule has 0 atom stereocenters. The second-order valence-corrected chi connectivity index (χ2v) is 7.42. The van der Waals surface area contributed by atoms with Crippen molar-refractivity contribution in [3.63, 3.8) is 0 Å². The number of fused-ring (bicyclic) bond motifs is 1. The molecule has 0 unspecified atom stereocenters. The van der Waals surface area contributed by atoms with E-state index in [1.807, 2.05) is 28.2 Å². The van der Waals surface area contributed by atoms with Gasteiger partial charge in [-0.15, -0.1) is 10.2 Å². The van der Waals surface area contributed by atoms with Crippen LogP contribution in [-0.2, 0) is 27.1 Å². The van der Waals surface area contributed by atoms with Crippen LogP contribution in [0.4, 0.5) is 0 Å². The second-order valence-electron chi connectivity index (χ2n) is 6.18. The lowest BCUT2D eigenvalue weighted by atomic mass is 10.0. The van der Waals surface area contributed by atoms with Crippen LogP contribution >= 0.6 is 11.8 Å². The molecule has 0 aliphatic carbocycles. The van der Waals surface area contributed by atoms with Crippen LogP contribution in [0.3, 0.4) is 0 Å². The fourth-order valence-corrected chi connectivity index (χ4v) is 3.93. The Morgan fingerprint density at radius 1 is 1.35 bits per heavy atom. The summed E-state index contributed by atoms with van der Waals surface area (Å²) in [6, 6.07) is 1.69. The van der Waals surface area contributed by atoms with Gasteiger partial charge in [0.15, 0.2) is 11.0 Å². The number of furan rings is 1. The smallest absolute Gasteiger partial charge is 0.257 e. The predicted molar refractivity (Wildman–Crippen MR) is 96.8 cm³/mol. The molecule has 4 heterocycles. The first-order chi connectivity index (χ1) is 12.6. The number of nitrogens with zero attached hydrogens (tertiary/aromatic N) is 6. The first-order valence-electron chi connectivity index (χ1n) is 8.49. The molecule has 1 amide bonds. The van der Waals surface area contributed by atoms with Crippen molar-refractivity contribution in [2.45, 2.75) is 25.0 Å². The van der Waals surface area contributed by atoms with Crippen molar-refractivity contribution in [1.82, 2.24) is 29.4 Å². The van der Waals surface area contributed by atoms with E-state index in [2.05, 4.69) is 22.2 Å². The van der Waals surface area contributed by atoms with Crippen molar-refractivity contribution in [3.05, 3.63) is 35.4 Å². The largest absolute Gasteiger partial charge is 0.472 e. The summed E-state index contributed by atoms with van der Waals surface area (Å²) in [5.74, 6) is 1.63. The number of aryl methyl sites for hydroxylation is 1. The van der Waals surface area contributed by atoms with Gasteiger partial charge in [-0.3, -0.25) is 9.48 Å². The van der Waals surface area contributed by atoms with E-state index >= 15 is 0 Å². The molecule has 1 aliphatic heterocycles. The minimum Gasteiger partial charge on any atom is -0.472 e. The lowest BCUT2D eigenvalue weighted by Gasteiger charge is -2.27. The zero-order valence-corrected chi connectivity index (χ0v) is 15.8. The Balaban J connectivity index is 1.69. The van der Waals surface area contributed by atoms with Crippen LogP contribution in [0.1, 0.15) is 28.5 Å². The summed E-state index contributed by atoms with van der Waals surface area (Å²) in [6.07, 6.45) is 3.76. The number of hydrogen-bond donors (Lipinski definition) is 0. The topological polar surface area (TPSA) is 82.0 Å². The molecule has 0 fully saturated rings. The normalized spacial score (nSPS) is 13.9. The molecule has 26 heavy (non-hydrogen) atoms. The van der Waals surface area contributed by atoms with Crippen LogP contribution in [-0.4, -0.2) is 47.6 Å². The maximum absolute atomic E-state index is 12.7. The van der Waals surface area contributed by atoms with E-state index in [4.69, 9.17) is 4.42 Å². The number of amides is 1. The van der Waals surface area contributed by atoms with Gasteiger partial charge in [-0.1, -0.05) is 18.7 Å². The standard InChI is InChI=1S/C17H20N6O2S/c1-4-26-17-19-18-15(21(17)2)14-12-9-23(7-5-13(12)22(3)20-14)16(24)11-6-8-25-10-11/h6,8,10H,4-5,7,9H2,1-3H3. The molecular weight excluding hydrogens is 352 g/mol. The van der Waals surface area contributed by atoms with Crippen molar-refractivity contribution < 1.29 is 9.21 Å². The van der Waals surface area contributed by atoms with Gasteiger partial charge in [-0.05, 0) is 11.8 Å². The van der Waals surface area contributed by atoms with Crippen molar-refractivity contribution in [1.29, 1.82) is 0 Å². The molecule has 4 rings (SSSR count). The molecule has 0 saturated carbocycles. The van der Waals surface area contributed by atoms with E-state index in [0.717, 1.165) is 40.1 Å². The van der Waals surface area contributed by atoms with Crippen molar-refractivity contribution >= 4 is 17.7 Å². The number of hydrogen-bond acceptors (Lipinski definition) is 6. The Morgan fingerprint density at radius 2 is 2.19 bits per heavy atom. The minimum absolute atomic E-state index is 0.0283. The molecule has 0 bridgehead atoms. The van der Waals surface area contributed by atoms with Crippen LogP contribution in [0.5, 0.6) is 0 Å². The van der Waals surface area contributed by atoms with E-state index in [0.29, 0.717) is 18.7 Å². The molecule has 0 aromatic carbocycles. The molecule has 1 aliphatic rings. The lowest BCUT2D eigenvalue weighted by molar-refractivity contribution is 0.0733. The Bertz CT molecular complexity index is 943. The third kappa shape index (κ3) is 2.72. The zero-order chi connectivity index (χ0) is 18.3. The second kappa shape index (κ2) is 6.64. The van der Waals surface area contributed by atoms with Crippen LogP contribution < -0.4 is 0 Å². The average Bonchev–Trinajstić information content (AvgIpc) is 3.36.